The molecule has 0 spiro atoms. The fourth-order valence-corrected chi connectivity index (χ4v) is 3.32. The number of rotatable bonds is 2. The Morgan fingerprint density at radius 3 is 2.60 bits per heavy atom. The third kappa shape index (κ3) is 2.46. The molecule has 3 rings (SSSR count). The second kappa shape index (κ2) is 5.77. The molecular formula is C17H17Cl2N. The Hall–Kier alpha value is -1.02. The summed E-state index contributed by atoms with van der Waals surface area (Å²) in [6.45, 7) is -2.14. The van der Waals surface area contributed by atoms with Crippen molar-refractivity contribution >= 4 is 23.2 Å². The fourth-order valence-electron chi connectivity index (χ4n) is 3.02. The van der Waals surface area contributed by atoms with E-state index >= 15 is 0 Å². The summed E-state index contributed by atoms with van der Waals surface area (Å²) in [5.74, 6) is 0.204. The van der Waals surface area contributed by atoms with Crippen molar-refractivity contribution < 1.29 is 4.11 Å². The predicted molar refractivity (Wildman–Crippen MR) is 85.8 cm³/mol. The lowest BCUT2D eigenvalue weighted by Crippen LogP contribution is -2.24. The molecule has 1 aliphatic rings. The maximum atomic E-state index is 7.47. The highest BCUT2D eigenvalue weighted by molar-refractivity contribution is 6.42. The molecule has 1 nitrogen and oxygen atoms in total. The fraction of sp³-hybridized carbons (Fsp3) is 0.294. The van der Waals surface area contributed by atoms with E-state index in [2.05, 4.69) is 11.4 Å². The quantitative estimate of drug-likeness (QED) is 0.595. The first-order valence-corrected chi connectivity index (χ1v) is 7.42. The van der Waals surface area contributed by atoms with Crippen LogP contribution in [-0.2, 0) is 0 Å². The minimum absolute atomic E-state index is 0.155. The van der Waals surface area contributed by atoms with Crippen molar-refractivity contribution in [2.24, 2.45) is 0 Å². The van der Waals surface area contributed by atoms with E-state index in [0.717, 1.165) is 29.5 Å². The van der Waals surface area contributed by atoms with Crippen LogP contribution < -0.4 is 5.32 Å². The van der Waals surface area contributed by atoms with Gasteiger partial charge in [0.15, 0.2) is 0 Å². The van der Waals surface area contributed by atoms with E-state index in [1.807, 2.05) is 36.4 Å². The molecule has 1 N–H and O–H groups in total. The molecule has 0 amide bonds. The van der Waals surface area contributed by atoms with Crippen LogP contribution in [0, 0.1) is 0 Å². The number of fused-ring (bicyclic) bond motifs is 1. The molecule has 2 atom stereocenters. The van der Waals surface area contributed by atoms with Gasteiger partial charge in [0.25, 0.3) is 0 Å². The van der Waals surface area contributed by atoms with Crippen molar-refractivity contribution in [1.29, 1.82) is 0 Å². The molecule has 2 aromatic rings. The van der Waals surface area contributed by atoms with E-state index in [1.54, 1.807) is 0 Å². The molecule has 0 radical (unpaired) electrons. The highest BCUT2D eigenvalue weighted by Gasteiger charge is 2.27. The predicted octanol–water partition coefficient (Wildman–Crippen LogP) is 5.18. The van der Waals surface area contributed by atoms with Crippen molar-refractivity contribution in [3.8, 4) is 0 Å². The Morgan fingerprint density at radius 2 is 1.85 bits per heavy atom. The molecule has 0 aliphatic heterocycles. The second-order valence-corrected chi connectivity index (χ2v) is 5.94. The summed E-state index contributed by atoms with van der Waals surface area (Å²) in [5.41, 5.74) is 3.31. The zero-order valence-electron chi connectivity index (χ0n) is 13.9. The lowest BCUT2D eigenvalue weighted by molar-refractivity contribution is 0.471. The number of nitrogens with one attached hydrogen (secondary N) is 1. The molecule has 20 heavy (non-hydrogen) atoms. The van der Waals surface area contributed by atoms with E-state index in [-0.39, 0.29) is 12.0 Å². The first-order chi connectivity index (χ1) is 10.8. The van der Waals surface area contributed by atoms with E-state index < -0.39 is 6.98 Å². The molecule has 0 heterocycles. The molecule has 1 aliphatic carbocycles. The van der Waals surface area contributed by atoms with E-state index in [9.17, 15) is 0 Å². The van der Waals surface area contributed by atoms with Gasteiger partial charge in [0.2, 0.25) is 0 Å². The zero-order valence-corrected chi connectivity index (χ0v) is 12.4. The van der Waals surface area contributed by atoms with Crippen molar-refractivity contribution in [3.63, 3.8) is 0 Å². The maximum absolute atomic E-state index is 7.47. The second-order valence-electron chi connectivity index (χ2n) is 5.13. The van der Waals surface area contributed by atoms with Crippen LogP contribution in [0.4, 0.5) is 0 Å². The standard InChI is InChI=1S/C17H17Cl2N/c1-20-17-9-7-12(13-4-2-3-5-14(13)17)11-6-8-15(18)16(19)10-11/h2-6,8,10,12,17,20H,7,9H2,1H3/t12-,17-/m0/s1/i1+1D3,20+1. The lowest BCUT2D eigenvalue weighted by Gasteiger charge is -2.32. The zero-order chi connectivity index (χ0) is 16.6. The smallest absolute Gasteiger partial charge is 0.0595 e. The third-order valence-corrected chi connectivity index (χ3v) is 4.75. The van der Waals surface area contributed by atoms with E-state index in [0.29, 0.717) is 10.0 Å². The van der Waals surface area contributed by atoms with Crippen LogP contribution in [0.15, 0.2) is 42.5 Å². The minimum Gasteiger partial charge on any atom is -0.313 e. The summed E-state index contributed by atoms with van der Waals surface area (Å²) in [4.78, 5) is 0. The molecule has 0 unspecified atom stereocenters. The van der Waals surface area contributed by atoms with Crippen LogP contribution >= 0.6 is 23.2 Å². The molecule has 0 bridgehead atoms. The normalized spacial score (nSPS) is 24.4. The Morgan fingerprint density at radius 1 is 1.05 bits per heavy atom. The van der Waals surface area contributed by atoms with Crippen molar-refractivity contribution in [2.45, 2.75) is 24.8 Å². The number of hydrogen-bond donors (Lipinski definition) is 1. The van der Waals surface area contributed by atoms with Crippen molar-refractivity contribution in [3.05, 3.63) is 69.2 Å². The Labute approximate surface area is 134 Å². The average Bonchev–Trinajstić information content (AvgIpc) is 2.49. The van der Waals surface area contributed by atoms with Gasteiger partial charge in [-0.2, -0.15) is 0 Å². The molecular weight excluding hydrogens is 291 g/mol. The number of benzene rings is 2. The Balaban J connectivity index is 1.98. The molecule has 0 fully saturated rings. The first-order valence-electron chi connectivity index (χ1n) is 8.16. The number of hydrogen-bond acceptors (Lipinski definition) is 1. The van der Waals surface area contributed by atoms with Gasteiger partial charge in [0.05, 0.1) is 10.0 Å². The van der Waals surface area contributed by atoms with Gasteiger partial charge in [-0.15, -0.1) is 0 Å². The Kier molecular flexibility index (Phi) is 3.08. The summed E-state index contributed by atoms with van der Waals surface area (Å²) < 4.78 is 22.4. The topological polar surface area (TPSA) is 12.0 Å². The Bertz CT molecular complexity index is 715. The van der Waals surface area contributed by atoms with Gasteiger partial charge in [-0.3, -0.25) is 0 Å². The third-order valence-electron chi connectivity index (χ3n) is 4.01. The van der Waals surface area contributed by atoms with Crippen molar-refractivity contribution in [1.82, 2.24) is 5.32 Å². The van der Waals surface area contributed by atoms with Gasteiger partial charge in [-0.05, 0) is 48.6 Å². The van der Waals surface area contributed by atoms with Gasteiger partial charge < -0.3 is 5.32 Å². The van der Waals surface area contributed by atoms with Crippen LogP contribution in [0.2, 0.25) is 10.0 Å². The minimum atomic E-state index is -2.14. The van der Waals surface area contributed by atoms with Crippen LogP contribution in [0.25, 0.3) is 0 Å². The average molecular weight is 311 g/mol. The SMILES string of the molecule is [2H][13C]([2H])([2H])[15NH][C@H]1CC[C@@H](c2ccc(Cl)c(Cl)c2)c2ccccc21. The lowest BCUT2D eigenvalue weighted by atomic mass is 9.77. The summed E-state index contributed by atoms with van der Waals surface area (Å²) in [6, 6.07) is 13.6. The van der Waals surface area contributed by atoms with Gasteiger partial charge in [-0.25, -0.2) is 0 Å². The van der Waals surface area contributed by atoms with Crippen LogP contribution in [0.1, 0.15) is 45.6 Å². The van der Waals surface area contributed by atoms with Crippen LogP contribution in [0.3, 0.4) is 0 Å². The largest absolute Gasteiger partial charge is 0.313 e. The van der Waals surface area contributed by atoms with Gasteiger partial charge in [0, 0.05) is 16.1 Å². The molecule has 104 valence electrons. The van der Waals surface area contributed by atoms with Gasteiger partial charge in [0.1, 0.15) is 0 Å². The molecule has 0 saturated heterocycles. The molecule has 2 aromatic carbocycles. The van der Waals surface area contributed by atoms with Gasteiger partial charge >= 0.3 is 0 Å². The van der Waals surface area contributed by atoms with E-state index in [1.165, 1.54) is 0 Å². The number of halogens is 2. The van der Waals surface area contributed by atoms with Crippen LogP contribution in [0.5, 0.6) is 0 Å². The monoisotopic (exact) mass is 310 g/mol. The van der Waals surface area contributed by atoms with E-state index in [4.69, 9.17) is 27.3 Å². The van der Waals surface area contributed by atoms with Crippen LogP contribution in [-0.4, -0.2) is 6.98 Å². The molecule has 3 heteroatoms. The molecule has 0 saturated carbocycles. The highest BCUT2D eigenvalue weighted by Crippen LogP contribution is 2.42. The summed E-state index contributed by atoms with van der Waals surface area (Å²) >= 11 is 12.2. The summed E-state index contributed by atoms with van der Waals surface area (Å²) in [7, 11) is 0. The van der Waals surface area contributed by atoms with Crippen molar-refractivity contribution in [2.75, 3.05) is 6.98 Å². The summed E-state index contributed by atoms with van der Waals surface area (Å²) in [5, 5.41) is 3.85. The molecule has 0 aromatic heterocycles. The summed E-state index contributed by atoms with van der Waals surface area (Å²) in [6.07, 6.45) is 1.63. The highest BCUT2D eigenvalue weighted by atomic mass is 35.5. The first kappa shape index (κ1) is 10.7. The van der Waals surface area contributed by atoms with Gasteiger partial charge in [-0.1, -0.05) is 53.5 Å². The maximum Gasteiger partial charge on any atom is 0.0595 e.